The molecule has 1 saturated heterocycles. The topological polar surface area (TPSA) is 15.3 Å². The zero-order chi connectivity index (χ0) is 11.4. The van der Waals surface area contributed by atoms with E-state index in [1.165, 1.54) is 51.7 Å². The molecule has 0 amide bonds. The van der Waals surface area contributed by atoms with E-state index in [1.807, 2.05) is 0 Å². The van der Waals surface area contributed by atoms with Crippen molar-refractivity contribution in [3.05, 3.63) is 0 Å². The molecule has 1 unspecified atom stereocenters. The summed E-state index contributed by atoms with van der Waals surface area (Å²) in [6.45, 7) is 6.10. The zero-order valence-corrected chi connectivity index (χ0v) is 11.6. The van der Waals surface area contributed by atoms with Gasteiger partial charge in [0.25, 0.3) is 0 Å². The van der Waals surface area contributed by atoms with Gasteiger partial charge >= 0.3 is 0 Å². The molecule has 1 heterocycles. The fourth-order valence-corrected chi connectivity index (χ4v) is 3.86. The SMILES string of the molecule is CSC1CCC(N2CCCNC(C)C2)CC1. The van der Waals surface area contributed by atoms with Crippen LogP contribution in [0.25, 0.3) is 0 Å². The second kappa shape index (κ2) is 6.27. The second-order valence-electron chi connectivity index (χ2n) is 5.37. The van der Waals surface area contributed by atoms with Crippen LogP contribution in [-0.4, -0.2) is 48.1 Å². The van der Waals surface area contributed by atoms with Crippen LogP contribution in [0, 0.1) is 0 Å². The summed E-state index contributed by atoms with van der Waals surface area (Å²) in [5.41, 5.74) is 0. The maximum absolute atomic E-state index is 3.59. The van der Waals surface area contributed by atoms with Crippen LogP contribution in [0.5, 0.6) is 0 Å². The minimum atomic E-state index is 0.681. The molecule has 0 aromatic rings. The van der Waals surface area contributed by atoms with Gasteiger partial charge in [-0.25, -0.2) is 0 Å². The van der Waals surface area contributed by atoms with Gasteiger partial charge in [0.2, 0.25) is 0 Å². The number of hydrogen-bond acceptors (Lipinski definition) is 3. The molecule has 0 aromatic heterocycles. The third-order valence-corrected chi connectivity index (χ3v) is 5.25. The molecule has 94 valence electrons. The Bertz CT molecular complexity index is 202. The Morgan fingerprint density at radius 1 is 1.19 bits per heavy atom. The highest BCUT2D eigenvalue weighted by Crippen LogP contribution is 2.29. The van der Waals surface area contributed by atoms with Crippen molar-refractivity contribution < 1.29 is 0 Å². The van der Waals surface area contributed by atoms with Crippen molar-refractivity contribution in [2.45, 2.75) is 56.4 Å². The van der Waals surface area contributed by atoms with Crippen LogP contribution in [0.3, 0.4) is 0 Å². The van der Waals surface area contributed by atoms with Crippen LogP contribution < -0.4 is 5.32 Å². The van der Waals surface area contributed by atoms with Crippen molar-refractivity contribution >= 4 is 11.8 Å². The predicted molar refractivity (Wildman–Crippen MR) is 73.2 cm³/mol. The third kappa shape index (κ3) is 3.38. The highest BCUT2D eigenvalue weighted by Gasteiger charge is 2.26. The van der Waals surface area contributed by atoms with Crippen LogP contribution in [0.2, 0.25) is 0 Å². The predicted octanol–water partition coefficient (Wildman–Crippen LogP) is 2.34. The number of hydrogen-bond donors (Lipinski definition) is 1. The third-order valence-electron chi connectivity index (χ3n) is 4.12. The molecule has 16 heavy (non-hydrogen) atoms. The smallest absolute Gasteiger partial charge is 0.0166 e. The van der Waals surface area contributed by atoms with Gasteiger partial charge in [0.05, 0.1) is 0 Å². The van der Waals surface area contributed by atoms with Gasteiger partial charge < -0.3 is 5.32 Å². The van der Waals surface area contributed by atoms with Gasteiger partial charge in [0, 0.05) is 23.9 Å². The van der Waals surface area contributed by atoms with E-state index in [0.717, 1.165) is 11.3 Å². The molecular weight excluding hydrogens is 216 g/mol. The molecule has 2 nitrogen and oxygen atoms in total. The maximum Gasteiger partial charge on any atom is 0.0166 e. The van der Waals surface area contributed by atoms with E-state index in [9.17, 15) is 0 Å². The van der Waals surface area contributed by atoms with E-state index in [-0.39, 0.29) is 0 Å². The van der Waals surface area contributed by atoms with Crippen LogP contribution >= 0.6 is 11.8 Å². The monoisotopic (exact) mass is 242 g/mol. The van der Waals surface area contributed by atoms with Crippen molar-refractivity contribution in [2.75, 3.05) is 25.9 Å². The quantitative estimate of drug-likeness (QED) is 0.800. The highest BCUT2D eigenvalue weighted by atomic mass is 32.2. The van der Waals surface area contributed by atoms with Gasteiger partial charge in [-0.3, -0.25) is 4.90 Å². The standard InChI is InChI=1S/C13H26N2S/c1-11-10-15(9-3-8-14-11)12-4-6-13(16-2)7-5-12/h11-14H,3-10H2,1-2H3. The average Bonchev–Trinajstić information content (AvgIpc) is 2.54. The number of nitrogens with one attached hydrogen (secondary N) is 1. The molecule has 1 aliphatic carbocycles. The van der Waals surface area contributed by atoms with Crippen LogP contribution in [-0.2, 0) is 0 Å². The fraction of sp³-hybridized carbons (Fsp3) is 1.00. The van der Waals surface area contributed by atoms with Gasteiger partial charge in [-0.05, 0) is 58.4 Å². The van der Waals surface area contributed by atoms with Crippen molar-refractivity contribution in [1.82, 2.24) is 10.2 Å². The Kier molecular flexibility index (Phi) is 4.98. The molecule has 1 saturated carbocycles. The lowest BCUT2D eigenvalue weighted by Gasteiger charge is -2.36. The molecule has 2 aliphatic rings. The molecule has 0 radical (unpaired) electrons. The summed E-state index contributed by atoms with van der Waals surface area (Å²) in [6, 6.07) is 1.56. The molecule has 1 N–H and O–H groups in total. The lowest BCUT2D eigenvalue weighted by molar-refractivity contribution is 0.157. The van der Waals surface area contributed by atoms with E-state index in [0.29, 0.717) is 6.04 Å². The summed E-state index contributed by atoms with van der Waals surface area (Å²) in [4.78, 5) is 2.75. The highest BCUT2D eigenvalue weighted by molar-refractivity contribution is 7.99. The molecule has 1 aliphatic heterocycles. The summed E-state index contributed by atoms with van der Waals surface area (Å²) < 4.78 is 0. The normalized spacial score (nSPS) is 38.2. The van der Waals surface area contributed by atoms with Crippen molar-refractivity contribution in [2.24, 2.45) is 0 Å². The van der Waals surface area contributed by atoms with Gasteiger partial charge in [0.1, 0.15) is 0 Å². The Balaban J connectivity index is 1.82. The minimum Gasteiger partial charge on any atom is -0.313 e. The first-order valence-corrected chi connectivity index (χ1v) is 8.08. The van der Waals surface area contributed by atoms with Crippen LogP contribution in [0.4, 0.5) is 0 Å². The van der Waals surface area contributed by atoms with E-state index >= 15 is 0 Å². The van der Waals surface area contributed by atoms with Gasteiger partial charge in [0.15, 0.2) is 0 Å². The van der Waals surface area contributed by atoms with Crippen LogP contribution in [0.15, 0.2) is 0 Å². The summed E-state index contributed by atoms with van der Waals surface area (Å²) in [6.07, 6.45) is 9.32. The van der Waals surface area contributed by atoms with E-state index < -0.39 is 0 Å². The summed E-state index contributed by atoms with van der Waals surface area (Å²) in [5, 5.41) is 4.53. The molecule has 0 aromatic carbocycles. The lowest BCUT2D eigenvalue weighted by Crippen LogP contribution is -2.43. The molecule has 0 spiro atoms. The van der Waals surface area contributed by atoms with Gasteiger partial charge in [-0.2, -0.15) is 11.8 Å². The Labute approximate surface area is 105 Å². The molecular formula is C13H26N2S. The van der Waals surface area contributed by atoms with Crippen molar-refractivity contribution in [1.29, 1.82) is 0 Å². The molecule has 3 heteroatoms. The first-order valence-electron chi connectivity index (χ1n) is 6.80. The first-order chi connectivity index (χ1) is 7.79. The van der Waals surface area contributed by atoms with E-state index in [1.54, 1.807) is 0 Å². The summed E-state index contributed by atoms with van der Waals surface area (Å²) in [7, 11) is 0. The van der Waals surface area contributed by atoms with Crippen LogP contribution in [0.1, 0.15) is 39.0 Å². The number of thioether (sulfide) groups is 1. The zero-order valence-electron chi connectivity index (χ0n) is 10.7. The van der Waals surface area contributed by atoms with Crippen molar-refractivity contribution in [3.8, 4) is 0 Å². The lowest BCUT2D eigenvalue weighted by atomic mass is 9.93. The molecule has 0 bridgehead atoms. The second-order valence-corrected chi connectivity index (χ2v) is 6.51. The van der Waals surface area contributed by atoms with Gasteiger partial charge in [-0.1, -0.05) is 0 Å². The maximum atomic E-state index is 3.59. The van der Waals surface area contributed by atoms with Crippen molar-refractivity contribution in [3.63, 3.8) is 0 Å². The number of rotatable bonds is 2. The Morgan fingerprint density at radius 2 is 1.94 bits per heavy atom. The van der Waals surface area contributed by atoms with E-state index in [4.69, 9.17) is 0 Å². The number of nitrogens with zero attached hydrogens (tertiary/aromatic N) is 1. The minimum absolute atomic E-state index is 0.681. The Hall–Kier alpha value is 0.270. The van der Waals surface area contributed by atoms with E-state index in [2.05, 4.69) is 35.2 Å². The molecule has 2 rings (SSSR count). The summed E-state index contributed by atoms with van der Waals surface area (Å²) in [5.74, 6) is 0. The molecule has 1 atom stereocenters. The largest absolute Gasteiger partial charge is 0.313 e. The summed E-state index contributed by atoms with van der Waals surface area (Å²) >= 11 is 2.07. The fourth-order valence-electron chi connectivity index (χ4n) is 3.12. The molecule has 2 fully saturated rings. The first kappa shape index (κ1) is 12.7. The average molecular weight is 242 g/mol. The van der Waals surface area contributed by atoms with Gasteiger partial charge in [-0.15, -0.1) is 0 Å². The Morgan fingerprint density at radius 3 is 2.62 bits per heavy atom.